The third kappa shape index (κ3) is 3.15. The van der Waals surface area contributed by atoms with Crippen molar-refractivity contribution in [1.82, 2.24) is 9.55 Å². The standard InChI is InChI=1S/C12H22N4O2/c1-5-8(4)14-9-10(13)16(6-7(2)3)12(18)15-11(9)17/h7-8,14H,5-6,13H2,1-4H3,(H,15,17,18). The fraction of sp³-hybridized carbons (Fsp3) is 0.667. The normalized spacial score (nSPS) is 12.7. The molecular formula is C12H22N4O2. The maximum absolute atomic E-state index is 11.7. The molecular weight excluding hydrogens is 232 g/mol. The summed E-state index contributed by atoms with van der Waals surface area (Å²) in [4.78, 5) is 25.7. The molecule has 6 heteroatoms. The van der Waals surface area contributed by atoms with Crippen molar-refractivity contribution in [2.45, 2.75) is 46.7 Å². The number of nitrogens with two attached hydrogens (primary N) is 1. The van der Waals surface area contributed by atoms with Crippen molar-refractivity contribution < 1.29 is 0 Å². The van der Waals surface area contributed by atoms with Gasteiger partial charge >= 0.3 is 5.69 Å². The predicted molar refractivity (Wildman–Crippen MR) is 73.9 cm³/mol. The number of hydrogen-bond donors (Lipinski definition) is 3. The Morgan fingerprint density at radius 2 is 1.94 bits per heavy atom. The van der Waals surface area contributed by atoms with Gasteiger partial charge < -0.3 is 11.1 Å². The Balaban J connectivity index is 3.26. The molecule has 18 heavy (non-hydrogen) atoms. The zero-order chi connectivity index (χ0) is 13.9. The van der Waals surface area contributed by atoms with Crippen LogP contribution in [0.15, 0.2) is 9.59 Å². The van der Waals surface area contributed by atoms with Gasteiger partial charge in [-0.2, -0.15) is 0 Å². The molecule has 1 unspecified atom stereocenters. The average Bonchev–Trinajstić information content (AvgIpc) is 2.29. The van der Waals surface area contributed by atoms with Crippen LogP contribution in [0.3, 0.4) is 0 Å². The van der Waals surface area contributed by atoms with E-state index < -0.39 is 11.2 Å². The van der Waals surface area contributed by atoms with Gasteiger partial charge in [-0.05, 0) is 19.3 Å². The Morgan fingerprint density at radius 3 is 2.44 bits per heavy atom. The van der Waals surface area contributed by atoms with Crippen LogP contribution < -0.4 is 22.3 Å². The lowest BCUT2D eigenvalue weighted by molar-refractivity contribution is 0.508. The van der Waals surface area contributed by atoms with Crippen LogP contribution in [-0.2, 0) is 6.54 Å². The summed E-state index contributed by atoms with van der Waals surface area (Å²) in [5, 5.41) is 3.04. The number of H-pyrrole nitrogens is 1. The number of hydrogen-bond acceptors (Lipinski definition) is 4. The Hall–Kier alpha value is -1.72. The van der Waals surface area contributed by atoms with Crippen LogP contribution in [0.4, 0.5) is 11.5 Å². The lowest BCUT2D eigenvalue weighted by Gasteiger charge is -2.17. The monoisotopic (exact) mass is 254 g/mol. The summed E-state index contributed by atoms with van der Waals surface area (Å²) >= 11 is 0. The zero-order valence-corrected chi connectivity index (χ0v) is 11.4. The molecule has 0 bridgehead atoms. The van der Waals surface area contributed by atoms with Gasteiger partial charge in [-0.1, -0.05) is 20.8 Å². The first-order valence-corrected chi connectivity index (χ1v) is 6.25. The molecule has 0 aromatic carbocycles. The SMILES string of the molecule is CCC(C)Nc1c(N)n(CC(C)C)c(=O)[nH]c1=O. The molecule has 1 atom stereocenters. The lowest BCUT2D eigenvalue weighted by atomic mass is 10.2. The van der Waals surface area contributed by atoms with Crippen LogP contribution in [-0.4, -0.2) is 15.6 Å². The molecule has 0 aliphatic rings. The second kappa shape index (κ2) is 5.75. The van der Waals surface area contributed by atoms with Gasteiger partial charge in [-0.25, -0.2) is 4.79 Å². The number of nitrogen functional groups attached to an aromatic ring is 1. The molecule has 0 amide bonds. The van der Waals surface area contributed by atoms with Crippen LogP contribution in [0.1, 0.15) is 34.1 Å². The van der Waals surface area contributed by atoms with Crippen molar-refractivity contribution in [3.63, 3.8) is 0 Å². The Morgan fingerprint density at radius 1 is 1.33 bits per heavy atom. The predicted octanol–water partition coefficient (Wildman–Crippen LogP) is 0.985. The molecule has 1 rings (SSSR count). The molecule has 0 aliphatic carbocycles. The molecule has 0 fully saturated rings. The highest BCUT2D eigenvalue weighted by Crippen LogP contribution is 2.13. The van der Waals surface area contributed by atoms with Crippen molar-refractivity contribution in [3.05, 3.63) is 20.8 Å². The Kier molecular flexibility index (Phi) is 4.58. The summed E-state index contributed by atoms with van der Waals surface area (Å²) in [6.07, 6.45) is 0.863. The Labute approximate surface area is 106 Å². The summed E-state index contributed by atoms with van der Waals surface area (Å²) in [5.74, 6) is 0.477. The fourth-order valence-electron chi connectivity index (χ4n) is 1.62. The first kappa shape index (κ1) is 14.3. The first-order valence-electron chi connectivity index (χ1n) is 6.25. The Bertz CT molecular complexity index is 516. The summed E-state index contributed by atoms with van der Waals surface area (Å²) < 4.78 is 1.40. The van der Waals surface area contributed by atoms with Crippen molar-refractivity contribution in [1.29, 1.82) is 0 Å². The molecule has 0 aliphatic heterocycles. The van der Waals surface area contributed by atoms with Crippen molar-refractivity contribution in [3.8, 4) is 0 Å². The van der Waals surface area contributed by atoms with Gasteiger partial charge in [-0.3, -0.25) is 14.3 Å². The maximum Gasteiger partial charge on any atom is 0.330 e. The fourth-order valence-corrected chi connectivity index (χ4v) is 1.62. The van der Waals surface area contributed by atoms with Gasteiger partial charge in [0.25, 0.3) is 5.56 Å². The molecule has 6 nitrogen and oxygen atoms in total. The first-order chi connectivity index (χ1) is 8.36. The molecule has 0 saturated heterocycles. The highest BCUT2D eigenvalue weighted by molar-refractivity contribution is 5.60. The van der Waals surface area contributed by atoms with E-state index in [9.17, 15) is 9.59 Å². The number of nitrogens with one attached hydrogen (secondary N) is 2. The molecule has 0 spiro atoms. The summed E-state index contributed by atoms with van der Waals surface area (Å²) in [6.45, 7) is 8.41. The third-order valence-corrected chi connectivity index (χ3v) is 2.79. The molecule has 0 saturated carbocycles. The maximum atomic E-state index is 11.7. The van der Waals surface area contributed by atoms with Gasteiger partial charge in [0.05, 0.1) is 0 Å². The molecule has 1 aromatic rings. The smallest absolute Gasteiger partial charge is 0.330 e. The van der Waals surface area contributed by atoms with Crippen molar-refractivity contribution >= 4 is 11.5 Å². The molecule has 102 valence electrons. The van der Waals surface area contributed by atoms with Gasteiger partial charge in [0.15, 0.2) is 0 Å². The number of anilines is 2. The minimum Gasteiger partial charge on any atom is -0.383 e. The minimum absolute atomic E-state index is 0.124. The molecule has 1 heterocycles. The molecule has 0 radical (unpaired) electrons. The largest absolute Gasteiger partial charge is 0.383 e. The second-order valence-corrected chi connectivity index (χ2v) is 4.98. The van der Waals surface area contributed by atoms with Crippen LogP contribution in [0.25, 0.3) is 0 Å². The molecule has 4 N–H and O–H groups in total. The van der Waals surface area contributed by atoms with Gasteiger partial charge in [0, 0.05) is 12.6 Å². The number of rotatable bonds is 5. The molecule has 1 aromatic heterocycles. The summed E-state index contributed by atoms with van der Waals surface area (Å²) in [6, 6.07) is 0.124. The highest BCUT2D eigenvalue weighted by atomic mass is 16.2. The van der Waals surface area contributed by atoms with E-state index >= 15 is 0 Å². The van der Waals surface area contributed by atoms with Gasteiger partial charge in [0.2, 0.25) is 0 Å². The topological polar surface area (TPSA) is 92.9 Å². The van der Waals surface area contributed by atoms with E-state index in [1.807, 2.05) is 27.7 Å². The number of aromatic nitrogens is 2. The van der Waals surface area contributed by atoms with E-state index in [0.29, 0.717) is 6.54 Å². The van der Waals surface area contributed by atoms with Gasteiger partial charge in [0.1, 0.15) is 11.5 Å². The quantitative estimate of drug-likeness (QED) is 0.730. The second-order valence-electron chi connectivity index (χ2n) is 4.98. The van der Waals surface area contributed by atoms with E-state index in [1.165, 1.54) is 4.57 Å². The highest BCUT2D eigenvalue weighted by Gasteiger charge is 2.14. The van der Waals surface area contributed by atoms with E-state index in [0.717, 1.165) is 6.42 Å². The van der Waals surface area contributed by atoms with E-state index in [-0.39, 0.29) is 23.5 Å². The number of aromatic amines is 1. The van der Waals surface area contributed by atoms with Crippen LogP contribution >= 0.6 is 0 Å². The summed E-state index contributed by atoms with van der Waals surface area (Å²) in [7, 11) is 0. The van der Waals surface area contributed by atoms with E-state index in [1.54, 1.807) is 0 Å². The zero-order valence-electron chi connectivity index (χ0n) is 11.4. The minimum atomic E-state index is -0.460. The van der Waals surface area contributed by atoms with Crippen LogP contribution in [0.2, 0.25) is 0 Å². The lowest BCUT2D eigenvalue weighted by Crippen LogP contribution is -2.36. The van der Waals surface area contributed by atoms with Gasteiger partial charge in [-0.15, -0.1) is 0 Å². The summed E-state index contributed by atoms with van der Waals surface area (Å²) in [5.41, 5.74) is 5.28. The number of nitrogens with zero attached hydrogens (tertiary/aromatic N) is 1. The van der Waals surface area contributed by atoms with E-state index in [2.05, 4.69) is 10.3 Å². The van der Waals surface area contributed by atoms with Crippen molar-refractivity contribution in [2.75, 3.05) is 11.1 Å². The third-order valence-electron chi connectivity index (χ3n) is 2.79. The van der Waals surface area contributed by atoms with Crippen LogP contribution in [0.5, 0.6) is 0 Å². The van der Waals surface area contributed by atoms with Crippen LogP contribution in [0, 0.1) is 5.92 Å². The van der Waals surface area contributed by atoms with E-state index in [4.69, 9.17) is 5.73 Å². The average molecular weight is 254 g/mol. The van der Waals surface area contributed by atoms with Crippen molar-refractivity contribution in [2.24, 2.45) is 5.92 Å².